The molecule has 21 heavy (non-hydrogen) atoms. The third kappa shape index (κ3) is 2.48. The quantitative estimate of drug-likeness (QED) is 0.846. The molecule has 0 heterocycles. The molecule has 3 aliphatic rings. The van der Waals surface area contributed by atoms with E-state index in [0.29, 0.717) is 17.7 Å². The molecule has 0 aliphatic heterocycles. The van der Waals surface area contributed by atoms with Crippen molar-refractivity contribution in [3.05, 3.63) is 28.8 Å². The average molecular weight is 285 g/mol. The molecule has 2 atom stereocenters. The normalized spacial score (nSPS) is 28.1. The van der Waals surface area contributed by atoms with Gasteiger partial charge in [0.15, 0.2) is 0 Å². The fraction of sp³-hybridized carbons (Fsp3) is 0.684. The van der Waals surface area contributed by atoms with Crippen LogP contribution in [0.2, 0.25) is 0 Å². The second kappa shape index (κ2) is 5.01. The first kappa shape index (κ1) is 13.6. The zero-order valence-corrected chi connectivity index (χ0v) is 13.2. The average Bonchev–Trinajstić information content (AvgIpc) is 3.34. The first-order valence-electron chi connectivity index (χ1n) is 8.71. The minimum absolute atomic E-state index is 0.356. The van der Waals surface area contributed by atoms with Gasteiger partial charge in [0, 0.05) is 11.6 Å². The SMILES string of the molecule is Cc1ccc(O)c2c1C(C)CC2NCC(C1CC1)C1CC1. The van der Waals surface area contributed by atoms with Crippen molar-refractivity contribution in [3.8, 4) is 5.75 Å². The lowest BCUT2D eigenvalue weighted by Gasteiger charge is -2.21. The van der Waals surface area contributed by atoms with Gasteiger partial charge in [-0.3, -0.25) is 0 Å². The molecule has 114 valence electrons. The summed E-state index contributed by atoms with van der Waals surface area (Å²) in [4.78, 5) is 0. The first-order valence-corrected chi connectivity index (χ1v) is 8.71. The summed E-state index contributed by atoms with van der Waals surface area (Å²) in [7, 11) is 0. The van der Waals surface area contributed by atoms with Crippen LogP contribution in [0, 0.1) is 24.7 Å². The van der Waals surface area contributed by atoms with Crippen LogP contribution in [0.4, 0.5) is 0 Å². The number of phenolic OH excluding ortho intramolecular Hbond substituents is 1. The van der Waals surface area contributed by atoms with Gasteiger partial charge < -0.3 is 10.4 Å². The van der Waals surface area contributed by atoms with E-state index >= 15 is 0 Å². The van der Waals surface area contributed by atoms with E-state index in [1.54, 1.807) is 0 Å². The number of aromatic hydroxyl groups is 1. The third-order valence-electron chi connectivity index (χ3n) is 5.97. The summed E-state index contributed by atoms with van der Waals surface area (Å²) in [6.45, 7) is 5.63. The standard InChI is InChI=1S/C19H27NO/c1-11-3-8-17(21)19-16(9-12(2)18(11)19)20-10-15(13-4-5-13)14-6-7-14/h3,8,12-16,20-21H,4-7,9-10H2,1-2H3. The lowest BCUT2D eigenvalue weighted by Crippen LogP contribution is -2.28. The van der Waals surface area contributed by atoms with Gasteiger partial charge in [-0.25, -0.2) is 0 Å². The third-order valence-corrected chi connectivity index (χ3v) is 5.97. The second-order valence-corrected chi connectivity index (χ2v) is 7.67. The van der Waals surface area contributed by atoms with Crippen LogP contribution in [-0.2, 0) is 0 Å². The van der Waals surface area contributed by atoms with E-state index in [2.05, 4.69) is 25.2 Å². The van der Waals surface area contributed by atoms with Gasteiger partial charge in [0.05, 0.1) is 0 Å². The van der Waals surface area contributed by atoms with Gasteiger partial charge in [-0.05, 0) is 86.4 Å². The molecule has 0 saturated heterocycles. The molecule has 0 spiro atoms. The summed E-state index contributed by atoms with van der Waals surface area (Å²) in [6, 6.07) is 4.29. The van der Waals surface area contributed by atoms with Gasteiger partial charge in [-0.15, -0.1) is 0 Å². The number of hydrogen-bond acceptors (Lipinski definition) is 2. The van der Waals surface area contributed by atoms with Crippen LogP contribution in [-0.4, -0.2) is 11.7 Å². The molecule has 2 heteroatoms. The van der Waals surface area contributed by atoms with Crippen molar-refractivity contribution in [2.45, 2.75) is 57.9 Å². The summed E-state index contributed by atoms with van der Waals surface area (Å²) in [5.41, 5.74) is 3.91. The first-order chi connectivity index (χ1) is 10.1. The molecule has 3 aliphatic carbocycles. The second-order valence-electron chi connectivity index (χ2n) is 7.67. The smallest absolute Gasteiger partial charge is 0.120 e. The largest absolute Gasteiger partial charge is 0.508 e. The van der Waals surface area contributed by atoms with Gasteiger partial charge in [-0.2, -0.15) is 0 Å². The van der Waals surface area contributed by atoms with Crippen molar-refractivity contribution in [1.82, 2.24) is 5.32 Å². The fourth-order valence-corrected chi connectivity index (χ4v) is 4.57. The fourth-order valence-electron chi connectivity index (χ4n) is 4.57. The molecular weight excluding hydrogens is 258 g/mol. The number of phenols is 1. The van der Waals surface area contributed by atoms with Crippen molar-refractivity contribution >= 4 is 0 Å². The lowest BCUT2D eigenvalue weighted by molar-refractivity contribution is 0.348. The Morgan fingerprint density at radius 1 is 1.14 bits per heavy atom. The lowest BCUT2D eigenvalue weighted by atomic mass is 9.96. The molecule has 0 radical (unpaired) electrons. The Morgan fingerprint density at radius 2 is 1.81 bits per heavy atom. The molecule has 2 nitrogen and oxygen atoms in total. The monoisotopic (exact) mass is 285 g/mol. The Labute approximate surface area is 128 Å². The van der Waals surface area contributed by atoms with Crippen LogP contribution in [0.25, 0.3) is 0 Å². The van der Waals surface area contributed by atoms with Crippen molar-refractivity contribution in [2.75, 3.05) is 6.54 Å². The Bertz CT molecular complexity index is 533. The predicted molar refractivity (Wildman–Crippen MR) is 85.6 cm³/mol. The van der Waals surface area contributed by atoms with Crippen LogP contribution < -0.4 is 5.32 Å². The molecule has 0 aromatic heterocycles. The highest BCUT2D eigenvalue weighted by Gasteiger charge is 2.42. The maximum Gasteiger partial charge on any atom is 0.120 e. The molecule has 2 fully saturated rings. The Kier molecular flexibility index (Phi) is 3.25. The van der Waals surface area contributed by atoms with Gasteiger partial charge >= 0.3 is 0 Å². The van der Waals surface area contributed by atoms with E-state index in [0.717, 1.165) is 30.7 Å². The maximum atomic E-state index is 10.3. The number of rotatable bonds is 5. The molecule has 0 bridgehead atoms. The van der Waals surface area contributed by atoms with Gasteiger partial charge in [0.1, 0.15) is 5.75 Å². The Balaban J connectivity index is 1.51. The molecule has 2 N–H and O–H groups in total. The molecule has 1 aromatic carbocycles. The molecule has 2 unspecified atom stereocenters. The van der Waals surface area contributed by atoms with Crippen molar-refractivity contribution in [2.24, 2.45) is 17.8 Å². The van der Waals surface area contributed by atoms with E-state index in [1.165, 1.54) is 42.4 Å². The highest BCUT2D eigenvalue weighted by atomic mass is 16.3. The van der Waals surface area contributed by atoms with E-state index in [1.807, 2.05) is 6.07 Å². The highest BCUT2D eigenvalue weighted by Crippen LogP contribution is 2.50. The van der Waals surface area contributed by atoms with E-state index in [9.17, 15) is 5.11 Å². The minimum atomic E-state index is 0.356. The van der Waals surface area contributed by atoms with Crippen molar-refractivity contribution < 1.29 is 5.11 Å². The van der Waals surface area contributed by atoms with Gasteiger partial charge in [-0.1, -0.05) is 13.0 Å². The maximum absolute atomic E-state index is 10.3. The Hall–Kier alpha value is -1.02. The minimum Gasteiger partial charge on any atom is -0.508 e. The molecular formula is C19H27NO. The number of aryl methyl sites for hydroxylation is 1. The van der Waals surface area contributed by atoms with Crippen LogP contribution >= 0.6 is 0 Å². The molecule has 0 amide bonds. The van der Waals surface area contributed by atoms with Crippen molar-refractivity contribution in [1.29, 1.82) is 0 Å². The summed E-state index contributed by atoms with van der Waals surface area (Å²) < 4.78 is 0. The number of benzene rings is 1. The number of nitrogens with one attached hydrogen (secondary N) is 1. The topological polar surface area (TPSA) is 32.3 Å². The van der Waals surface area contributed by atoms with Crippen molar-refractivity contribution in [3.63, 3.8) is 0 Å². The Morgan fingerprint density at radius 3 is 2.43 bits per heavy atom. The number of hydrogen-bond donors (Lipinski definition) is 2. The molecule has 2 saturated carbocycles. The zero-order valence-electron chi connectivity index (χ0n) is 13.2. The van der Waals surface area contributed by atoms with Gasteiger partial charge in [0.25, 0.3) is 0 Å². The summed E-state index contributed by atoms with van der Waals surface area (Å²) >= 11 is 0. The van der Waals surface area contributed by atoms with Crippen LogP contribution in [0.5, 0.6) is 5.75 Å². The highest BCUT2D eigenvalue weighted by molar-refractivity contribution is 5.50. The van der Waals surface area contributed by atoms with E-state index in [4.69, 9.17) is 0 Å². The van der Waals surface area contributed by atoms with E-state index < -0.39 is 0 Å². The predicted octanol–water partition coefficient (Wildman–Crippen LogP) is 4.27. The number of fused-ring (bicyclic) bond motifs is 1. The summed E-state index contributed by atoms with van der Waals surface area (Å²) in [6.07, 6.45) is 6.93. The summed E-state index contributed by atoms with van der Waals surface area (Å²) in [5.74, 6) is 3.94. The molecule has 1 aromatic rings. The van der Waals surface area contributed by atoms with Gasteiger partial charge in [0.2, 0.25) is 0 Å². The van der Waals surface area contributed by atoms with E-state index in [-0.39, 0.29) is 0 Å². The summed E-state index contributed by atoms with van der Waals surface area (Å²) in [5, 5.41) is 14.1. The van der Waals surface area contributed by atoms with Crippen LogP contribution in [0.3, 0.4) is 0 Å². The van der Waals surface area contributed by atoms with Crippen LogP contribution in [0.15, 0.2) is 12.1 Å². The zero-order chi connectivity index (χ0) is 14.6. The molecule has 4 rings (SSSR count). The van der Waals surface area contributed by atoms with Crippen LogP contribution in [0.1, 0.15) is 67.7 Å².